The highest BCUT2D eigenvalue weighted by Crippen LogP contribution is 2.24. The van der Waals surface area contributed by atoms with Gasteiger partial charge in [0.25, 0.3) is 3.90 Å². The van der Waals surface area contributed by atoms with Gasteiger partial charge >= 0.3 is 0 Å². The molecule has 0 atom stereocenters. The molecule has 4 heteroatoms. The SMILES string of the molecule is Brc1cccc2oc(I)nc12. The Morgan fingerprint density at radius 1 is 1.45 bits per heavy atom. The molecule has 2 rings (SSSR count). The van der Waals surface area contributed by atoms with Gasteiger partial charge in [0, 0.05) is 27.1 Å². The Labute approximate surface area is 85.3 Å². The van der Waals surface area contributed by atoms with Crippen LogP contribution in [-0.4, -0.2) is 4.98 Å². The van der Waals surface area contributed by atoms with Crippen molar-refractivity contribution in [2.24, 2.45) is 0 Å². The number of nitrogens with zero attached hydrogens (tertiary/aromatic N) is 1. The number of benzene rings is 1. The van der Waals surface area contributed by atoms with Gasteiger partial charge in [-0.3, -0.25) is 0 Å². The lowest BCUT2D eigenvalue weighted by Crippen LogP contribution is -1.69. The maximum absolute atomic E-state index is 5.29. The first-order valence-corrected chi connectivity index (χ1v) is 4.85. The fourth-order valence-electron chi connectivity index (χ4n) is 0.888. The Kier molecular flexibility index (Phi) is 1.88. The zero-order valence-electron chi connectivity index (χ0n) is 5.34. The molecule has 0 amide bonds. The van der Waals surface area contributed by atoms with Gasteiger partial charge in [-0.05, 0) is 28.1 Å². The summed E-state index contributed by atoms with van der Waals surface area (Å²) in [4.78, 5) is 4.19. The number of oxazole rings is 1. The van der Waals surface area contributed by atoms with E-state index >= 15 is 0 Å². The fraction of sp³-hybridized carbons (Fsp3) is 0. The van der Waals surface area contributed by atoms with Gasteiger partial charge in [-0.15, -0.1) is 0 Å². The molecule has 0 radical (unpaired) electrons. The third-order valence-electron chi connectivity index (χ3n) is 1.34. The standard InChI is InChI=1S/C7H3BrINO/c8-4-2-1-3-5-6(4)10-7(9)11-5/h1-3H. The number of aromatic nitrogens is 1. The Balaban J connectivity index is 2.90. The van der Waals surface area contributed by atoms with E-state index in [9.17, 15) is 0 Å². The van der Waals surface area contributed by atoms with Gasteiger partial charge in [-0.25, -0.2) is 4.98 Å². The number of hydrogen-bond acceptors (Lipinski definition) is 2. The van der Waals surface area contributed by atoms with Crippen LogP contribution >= 0.6 is 38.5 Å². The second-order valence-electron chi connectivity index (χ2n) is 2.05. The quantitative estimate of drug-likeness (QED) is 0.696. The first-order valence-electron chi connectivity index (χ1n) is 2.98. The third-order valence-corrected chi connectivity index (χ3v) is 2.44. The molecule has 1 heterocycles. The average molecular weight is 324 g/mol. The monoisotopic (exact) mass is 323 g/mol. The van der Waals surface area contributed by atoms with Gasteiger partial charge in [0.1, 0.15) is 5.52 Å². The lowest BCUT2D eigenvalue weighted by molar-refractivity contribution is 0.566. The second-order valence-corrected chi connectivity index (χ2v) is 3.83. The summed E-state index contributed by atoms with van der Waals surface area (Å²) in [5.74, 6) is 0. The summed E-state index contributed by atoms with van der Waals surface area (Å²) in [7, 11) is 0. The summed E-state index contributed by atoms with van der Waals surface area (Å²) in [6, 6.07) is 5.77. The molecule has 0 saturated heterocycles. The number of fused-ring (bicyclic) bond motifs is 1. The van der Waals surface area contributed by atoms with E-state index in [-0.39, 0.29) is 0 Å². The van der Waals surface area contributed by atoms with Gasteiger partial charge in [-0.1, -0.05) is 6.07 Å². The third kappa shape index (κ3) is 1.29. The van der Waals surface area contributed by atoms with Crippen LogP contribution in [0.5, 0.6) is 0 Å². The molecule has 0 aliphatic rings. The van der Waals surface area contributed by atoms with E-state index in [1.165, 1.54) is 0 Å². The molecule has 0 bridgehead atoms. The lowest BCUT2D eigenvalue weighted by atomic mass is 10.3. The predicted octanol–water partition coefficient (Wildman–Crippen LogP) is 3.19. The minimum atomic E-state index is 0.671. The average Bonchev–Trinajstić information content (AvgIpc) is 2.31. The summed E-state index contributed by atoms with van der Waals surface area (Å²) in [5.41, 5.74) is 1.71. The van der Waals surface area contributed by atoms with Crippen molar-refractivity contribution in [1.82, 2.24) is 4.98 Å². The normalized spacial score (nSPS) is 10.7. The van der Waals surface area contributed by atoms with E-state index < -0.39 is 0 Å². The van der Waals surface area contributed by atoms with Crippen molar-refractivity contribution in [2.45, 2.75) is 0 Å². The van der Waals surface area contributed by atoms with E-state index in [2.05, 4.69) is 43.5 Å². The molecule has 56 valence electrons. The Bertz CT molecular complexity index is 398. The van der Waals surface area contributed by atoms with Crippen molar-refractivity contribution in [3.63, 3.8) is 0 Å². The van der Waals surface area contributed by atoms with Crippen LogP contribution in [0, 0.1) is 3.90 Å². The summed E-state index contributed by atoms with van der Waals surface area (Å²) in [6.07, 6.45) is 0. The first-order chi connectivity index (χ1) is 5.27. The molecule has 1 aromatic carbocycles. The van der Waals surface area contributed by atoms with E-state index in [1.807, 2.05) is 18.2 Å². The maximum atomic E-state index is 5.29. The van der Waals surface area contributed by atoms with E-state index in [0.29, 0.717) is 3.90 Å². The molecule has 2 nitrogen and oxygen atoms in total. The predicted molar refractivity (Wildman–Crippen MR) is 54.4 cm³/mol. The summed E-state index contributed by atoms with van der Waals surface area (Å²) in [5, 5.41) is 0. The molecular formula is C7H3BrINO. The molecular weight excluding hydrogens is 321 g/mol. The van der Waals surface area contributed by atoms with Crippen LogP contribution in [-0.2, 0) is 0 Å². The summed E-state index contributed by atoms with van der Waals surface area (Å²) < 4.78 is 6.94. The van der Waals surface area contributed by atoms with Crippen molar-refractivity contribution in [3.8, 4) is 0 Å². The van der Waals surface area contributed by atoms with Crippen molar-refractivity contribution in [1.29, 1.82) is 0 Å². The van der Waals surface area contributed by atoms with Crippen LogP contribution in [0.4, 0.5) is 0 Å². The van der Waals surface area contributed by atoms with Crippen LogP contribution in [0.3, 0.4) is 0 Å². The van der Waals surface area contributed by atoms with Crippen molar-refractivity contribution in [2.75, 3.05) is 0 Å². The Morgan fingerprint density at radius 2 is 2.27 bits per heavy atom. The van der Waals surface area contributed by atoms with Crippen LogP contribution in [0.25, 0.3) is 11.1 Å². The molecule has 0 unspecified atom stereocenters. The topological polar surface area (TPSA) is 26.0 Å². The molecule has 0 aliphatic heterocycles. The van der Waals surface area contributed by atoms with E-state index in [1.54, 1.807) is 0 Å². The van der Waals surface area contributed by atoms with Crippen LogP contribution in [0.15, 0.2) is 27.1 Å². The molecule has 2 aromatic rings. The number of para-hydroxylation sites is 1. The Hall–Kier alpha value is -0.100. The zero-order valence-corrected chi connectivity index (χ0v) is 9.09. The van der Waals surface area contributed by atoms with Gasteiger partial charge in [0.05, 0.1) is 0 Å². The number of hydrogen-bond donors (Lipinski definition) is 0. The zero-order chi connectivity index (χ0) is 7.84. The highest BCUT2D eigenvalue weighted by Gasteiger charge is 2.04. The molecule has 0 spiro atoms. The van der Waals surface area contributed by atoms with Gasteiger partial charge in [-0.2, -0.15) is 0 Å². The van der Waals surface area contributed by atoms with Crippen LogP contribution in [0.1, 0.15) is 0 Å². The van der Waals surface area contributed by atoms with E-state index in [4.69, 9.17) is 4.42 Å². The van der Waals surface area contributed by atoms with Crippen LogP contribution in [0.2, 0.25) is 0 Å². The highest BCUT2D eigenvalue weighted by atomic mass is 127. The maximum Gasteiger partial charge on any atom is 0.258 e. The second kappa shape index (κ2) is 2.75. The molecule has 0 N–H and O–H groups in total. The van der Waals surface area contributed by atoms with Crippen molar-refractivity contribution in [3.05, 3.63) is 26.6 Å². The first kappa shape index (κ1) is 7.54. The van der Waals surface area contributed by atoms with E-state index in [0.717, 1.165) is 15.6 Å². The fourth-order valence-corrected chi connectivity index (χ4v) is 1.80. The lowest BCUT2D eigenvalue weighted by Gasteiger charge is -1.86. The van der Waals surface area contributed by atoms with Crippen molar-refractivity contribution < 1.29 is 4.42 Å². The van der Waals surface area contributed by atoms with Crippen LogP contribution < -0.4 is 0 Å². The van der Waals surface area contributed by atoms with Gasteiger partial charge in [0.2, 0.25) is 0 Å². The molecule has 1 aromatic heterocycles. The smallest absolute Gasteiger partial charge is 0.258 e. The minimum Gasteiger partial charge on any atom is -0.432 e. The number of halogens is 2. The molecule has 0 aliphatic carbocycles. The summed E-state index contributed by atoms with van der Waals surface area (Å²) >= 11 is 5.44. The largest absolute Gasteiger partial charge is 0.432 e. The number of rotatable bonds is 0. The molecule has 11 heavy (non-hydrogen) atoms. The van der Waals surface area contributed by atoms with Crippen molar-refractivity contribution >= 4 is 49.6 Å². The Morgan fingerprint density at radius 3 is 3.00 bits per heavy atom. The minimum absolute atomic E-state index is 0.671. The van der Waals surface area contributed by atoms with Gasteiger partial charge < -0.3 is 4.42 Å². The van der Waals surface area contributed by atoms with Gasteiger partial charge in [0.15, 0.2) is 5.58 Å². The molecule has 0 saturated carbocycles. The highest BCUT2D eigenvalue weighted by molar-refractivity contribution is 14.1. The molecule has 0 fully saturated rings. The summed E-state index contributed by atoms with van der Waals surface area (Å²) in [6.45, 7) is 0.